The van der Waals surface area contributed by atoms with Gasteiger partial charge in [0.15, 0.2) is 0 Å². The van der Waals surface area contributed by atoms with Crippen molar-refractivity contribution in [3.63, 3.8) is 0 Å². The Balaban J connectivity index is 1.67. The summed E-state index contributed by atoms with van der Waals surface area (Å²) in [6.07, 6.45) is 3.95. The molecule has 1 atom stereocenters. The normalized spacial score (nSPS) is 14.5. The van der Waals surface area contributed by atoms with Gasteiger partial charge in [-0.15, -0.1) is 0 Å². The largest absolute Gasteiger partial charge is 0.352 e. The number of aryl methyl sites for hydroxylation is 1. The van der Waals surface area contributed by atoms with E-state index in [1.165, 1.54) is 17.0 Å². The fraction of sp³-hybridized carbons (Fsp3) is 0.333. The predicted molar refractivity (Wildman–Crippen MR) is 154 cm³/mol. The van der Waals surface area contributed by atoms with E-state index in [1.807, 2.05) is 13.0 Å². The summed E-state index contributed by atoms with van der Waals surface area (Å²) in [6, 6.07) is 21.3. The molecule has 4 rings (SSSR count). The molecule has 1 saturated carbocycles. The van der Waals surface area contributed by atoms with Crippen LogP contribution >= 0.6 is 11.6 Å². The van der Waals surface area contributed by atoms with Gasteiger partial charge in [0.1, 0.15) is 12.6 Å². The van der Waals surface area contributed by atoms with E-state index in [0.29, 0.717) is 10.7 Å². The topological polar surface area (TPSA) is 86.8 Å². The van der Waals surface area contributed by atoms with E-state index in [-0.39, 0.29) is 23.4 Å². The first-order valence-corrected chi connectivity index (χ1v) is 15.0. The summed E-state index contributed by atoms with van der Waals surface area (Å²) in [4.78, 5) is 28.7. The van der Waals surface area contributed by atoms with Crippen molar-refractivity contribution in [3.8, 4) is 0 Å². The molecule has 0 heterocycles. The minimum Gasteiger partial charge on any atom is -0.352 e. The highest BCUT2D eigenvalue weighted by molar-refractivity contribution is 7.92. The second-order valence-corrected chi connectivity index (χ2v) is 12.3. The number of benzene rings is 3. The third-order valence-corrected chi connectivity index (χ3v) is 9.07. The van der Waals surface area contributed by atoms with Crippen molar-refractivity contribution in [1.29, 1.82) is 0 Å². The molecule has 0 unspecified atom stereocenters. The molecule has 0 bridgehead atoms. The fourth-order valence-corrected chi connectivity index (χ4v) is 6.41. The van der Waals surface area contributed by atoms with Gasteiger partial charge in [-0.1, -0.05) is 72.5 Å². The lowest BCUT2D eigenvalue weighted by molar-refractivity contribution is -0.139. The van der Waals surface area contributed by atoms with Gasteiger partial charge in [0.2, 0.25) is 11.8 Å². The third kappa shape index (κ3) is 7.19. The average Bonchev–Trinajstić information content (AvgIpc) is 3.44. The summed E-state index contributed by atoms with van der Waals surface area (Å²) < 4.78 is 28.7. The molecular weight excluding hydrogens is 534 g/mol. The number of carbonyl (C=O) groups excluding carboxylic acids is 2. The van der Waals surface area contributed by atoms with E-state index >= 15 is 0 Å². The Kier molecular flexibility index (Phi) is 9.30. The summed E-state index contributed by atoms with van der Waals surface area (Å²) in [5, 5.41) is 3.58. The Morgan fingerprint density at radius 1 is 0.974 bits per heavy atom. The molecule has 2 amide bonds. The first kappa shape index (κ1) is 28.6. The van der Waals surface area contributed by atoms with Gasteiger partial charge in [0.25, 0.3) is 10.0 Å². The maximum atomic E-state index is 14.0. The van der Waals surface area contributed by atoms with Crippen LogP contribution in [0.1, 0.15) is 43.7 Å². The molecule has 39 heavy (non-hydrogen) atoms. The van der Waals surface area contributed by atoms with Gasteiger partial charge in [-0.25, -0.2) is 8.42 Å². The second-order valence-electron chi connectivity index (χ2n) is 9.98. The van der Waals surface area contributed by atoms with Crippen LogP contribution in [0.25, 0.3) is 0 Å². The lowest BCUT2D eigenvalue weighted by Crippen LogP contribution is -2.52. The van der Waals surface area contributed by atoms with Gasteiger partial charge < -0.3 is 10.2 Å². The SMILES string of the molecule is Cc1ccc(N(CC(=O)N(Cc2cccc(Cl)c2)[C@@H](C)C(=O)NC2CCCC2)S(=O)(=O)c2ccccc2)cc1. The average molecular weight is 568 g/mol. The molecule has 1 fully saturated rings. The number of halogens is 1. The molecule has 0 saturated heterocycles. The Bertz CT molecular complexity index is 1390. The molecule has 3 aromatic carbocycles. The second kappa shape index (κ2) is 12.7. The van der Waals surface area contributed by atoms with E-state index in [1.54, 1.807) is 67.6 Å². The van der Waals surface area contributed by atoms with Crippen LogP contribution in [0.15, 0.2) is 83.8 Å². The molecule has 7 nitrogen and oxygen atoms in total. The van der Waals surface area contributed by atoms with Crippen molar-refractivity contribution in [1.82, 2.24) is 10.2 Å². The third-order valence-electron chi connectivity index (χ3n) is 7.04. The number of nitrogens with one attached hydrogen (secondary N) is 1. The van der Waals surface area contributed by atoms with Crippen molar-refractivity contribution < 1.29 is 18.0 Å². The van der Waals surface area contributed by atoms with Gasteiger partial charge in [-0.05, 0) is 68.7 Å². The molecule has 1 aliphatic rings. The maximum Gasteiger partial charge on any atom is 0.264 e. The quantitative estimate of drug-likeness (QED) is 0.359. The first-order valence-electron chi connectivity index (χ1n) is 13.1. The zero-order valence-electron chi connectivity index (χ0n) is 22.2. The summed E-state index contributed by atoms with van der Waals surface area (Å²) in [5.41, 5.74) is 2.06. The first-order chi connectivity index (χ1) is 18.6. The summed E-state index contributed by atoms with van der Waals surface area (Å²) in [6.45, 7) is 3.21. The minimum absolute atomic E-state index is 0.0757. The van der Waals surface area contributed by atoms with E-state index in [4.69, 9.17) is 11.6 Å². The van der Waals surface area contributed by atoms with E-state index in [9.17, 15) is 18.0 Å². The van der Waals surface area contributed by atoms with Crippen LogP contribution in [0.3, 0.4) is 0 Å². The Labute approximate surface area is 235 Å². The van der Waals surface area contributed by atoms with E-state index in [2.05, 4.69) is 5.32 Å². The van der Waals surface area contributed by atoms with Gasteiger partial charge in [-0.3, -0.25) is 13.9 Å². The number of hydrogen-bond donors (Lipinski definition) is 1. The Morgan fingerprint density at radius 2 is 1.64 bits per heavy atom. The zero-order chi connectivity index (χ0) is 28.0. The highest BCUT2D eigenvalue weighted by Crippen LogP contribution is 2.25. The minimum atomic E-state index is -4.08. The highest BCUT2D eigenvalue weighted by atomic mass is 35.5. The van der Waals surface area contributed by atoms with Gasteiger partial charge >= 0.3 is 0 Å². The van der Waals surface area contributed by atoms with Crippen molar-refractivity contribution in [2.24, 2.45) is 0 Å². The molecule has 0 aromatic heterocycles. The summed E-state index contributed by atoms with van der Waals surface area (Å²) in [7, 11) is -4.08. The molecule has 9 heteroatoms. The zero-order valence-corrected chi connectivity index (χ0v) is 23.8. The van der Waals surface area contributed by atoms with Crippen LogP contribution in [-0.4, -0.2) is 43.8 Å². The Hall–Kier alpha value is -3.36. The molecule has 206 valence electrons. The van der Waals surface area contributed by atoms with Crippen LogP contribution in [0.2, 0.25) is 5.02 Å². The molecular formula is C30H34ClN3O4S. The number of amides is 2. The van der Waals surface area contributed by atoms with Gasteiger partial charge in [0, 0.05) is 17.6 Å². The fourth-order valence-electron chi connectivity index (χ4n) is 4.77. The van der Waals surface area contributed by atoms with Crippen LogP contribution in [0.5, 0.6) is 0 Å². The number of carbonyl (C=O) groups is 2. The van der Waals surface area contributed by atoms with E-state index in [0.717, 1.165) is 41.1 Å². The molecule has 1 aliphatic carbocycles. The Morgan fingerprint density at radius 3 is 2.28 bits per heavy atom. The predicted octanol–water partition coefficient (Wildman–Crippen LogP) is 5.32. The molecule has 1 N–H and O–H groups in total. The maximum absolute atomic E-state index is 14.0. The van der Waals surface area contributed by atoms with Gasteiger partial charge in [0.05, 0.1) is 10.6 Å². The van der Waals surface area contributed by atoms with Crippen LogP contribution in [0.4, 0.5) is 5.69 Å². The number of rotatable bonds is 10. The standard InChI is InChI=1S/C30H34ClN3O4S/c1-22-15-17-27(18-16-22)34(39(37,38)28-13-4-3-5-14-28)21-29(35)33(20-24-9-8-10-25(31)19-24)23(2)30(36)32-26-11-6-7-12-26/h3-5,8-10,13-19,23,26H,6-7,11-12,20-21H2,1-2H3,(H,32,36)/t23-/m0/s1. The van der Waals surface area contributed by atoms with E-state index < -0.39 is 28.5 Å². The van der Waals surface area contributed by atoms with Crippen molar-refractivity contribution in [2.75, 3.05) is 10.8 Å². The summed E-state index contributed by atoms with van der Waals surface area (Å²) >= 11 is 6.20. The number of anilines is 1. The van der Waals surface area contributed by atoms with Gasteiger partial charge in [-0.2, -0.15) is 0 Å². The molecule has 0 aliphatic heterocycles. The van der Waals surface area contributed by atoms with Crippen LogP contribution < -0.4 is 9.62 Å². The molecule has 3 aromatic rings. The summed E-state index contributed by atoms with van der Waals surface area (Å²) in [5.74, 6) is -0.755. The number of sulfonamides is 1. The lowest BCUT2D eigenvalue weighted by Gasteiger charge is -2.32. The smallest absolute Gasteiger partial charge is 0.264 e. The molecule has 0 radical (unpaired) electrons. The van der Waals surface area contributed by atoms with Crippen molar-refractivity contribution in [3.05, 3.63) is 95.0 Å². The number of nitrogens with zero attached hydrogens (tertiary/aromatic N) is 2. The van der Waals surface area contributed by atoms with Crippen molar-refractivity contribution in [2.45, 2.75) is 63.1 Å². The van der Waals surface area contributed by atoms with Crippen molar-refractivity contribution >= 4 is 39.1 Å². The van der Waals surface area contributed by atoms with Crippen LogP contribution in [0, 0.1) is 6.92 Å². The molecule has 0 spiro atoms. The monoisotopic (exact) mass is 567 g/mol. The number of hydrogen-bond acceptors (Lipinski definition) is 4. The highest BCUT2D eigenvalue weighted by Gasteiger charge is 2.33. The lowest BCUT2D eigenvalue weighted by atomic mass is 10.1. The van der Waals surface area contributed by atoms with Crippen LogP contribution in [-0.2, 0) is 26.2 Å².